The number of thiophene rings is 1. The minimum Gasteiger partial charge on any atom is -0.399 e. The molecular formula is C12H8BrNS. The van der Waals surface area contributed by atoms with E-state index in [4.69, 9.17) is 5.73 Å². The van der Waals surface area contributed by atoms with Crippen molar-refractivity contribution in [3.63, 3.8) is 0 Å². The lowest BCUT2D eigenvalue weighted by Crippen LogP contribution is -1.83. The summed E-state index contributed by atoms with van der Waals surface area (Å²) in [5.74, 6) is 0. The van der Waals surface area contributed by atoms with Gasteiger partial charge in [-0.2, -0.15) is 0 Å². The van der Waals surface area contributed by atoms with Crippen molar-refractivity contribution in [3.8, 4) is 0 Å². The highest BCUT2D eigenvalue weighted by Gasteiger charge is 2.07. The van der Waals surface area contributed by atoms with Gasteiger partial charge in [0.15, 0.2) is 0 Å². The minimum absolute atomic E-state index is 0.804. The lowest BCUT2D eigenvalue weighted by molar-refractivity contribution is 1.75. The maximum Gasteiger partial charge on any atom is 0.0499 e. The van der Waals surface area contributed by atoms with Gasteiger partial charge in [-0.15, -0.1) is 11.3 Å². The third-order valence-electron chi connectivity index (χ3n) is 2.46. The number of anilines is 1. The molecule has 0 radical (unpaired) electrons. The van der Waals surface area contributed by atoms with E-state index < -0.39 is 0 Å². The fraction of sp³-hybridized carbons (Fsp3) is 0. The van der Waals surface area contributed by atoms with E-state index in [0.717, 1.165) is 10.2 Å². The predicted molar refractivity (Wildman–Crippen MR) is 71.4 cm³/mol. The molecule has 74 valence electrons. The molecule has 0 amide bonds. The molecule has 3 heteroatoms. The molecule has 0 saturated heterocycles. The highest BCUT2D eigenvalue weighted by molar-refractivity contribution is 9.10. The van der Waals surface area contributed by atoms with Crippen LogP contribution in [0.4, 0.5) is 5.69 Å². The summed E-state index contributed by atoms with van der Waals surface area (Å²) in [7, 11) is 0. The van der Waals surface area contributed by atoms with Crippen LogP contribution in [0, 0.1) is 0 Å². The molecule has 0 atom stereocenters. The molecule has 0 aliphatic carbocycles. The molecule has 0 fully saturated rings. The summed E-state index contributed by atoms with van der Waals surface area (Å²) in [5, 5.41) is 2.52. The first kappa shape index (κ1) is 9.19. The summed E-state index contributed by atoms with van der Waals surface area (Å²) in [6.07, 6.45) is 0. The van der Waals surface area contributed by atoms with E-state index in [-0.39, 0.29) is 0 Å². The quantitative estimate of drug-likeness (QED) is 0.606. The van der Waals surface area contributed by atoms with Crippen LogP contribution in [0.2, 0.25) is 0 Å². The number of benzene rings is 2. The van der Waals surface area contributed by atoms with Gasteiger partial charge in [-0.25, -0.2) is 0 Å². The van der Waals surface area contributed by atoms with Gasteiger partial charge in [-0.3, -0.25) is 0 Å². The number of halogens is 1. The normalized spacial score (nSPS) is 11.3. The van der Waals surface area contributed by atoms with E-state index in [0.29, 0.717) is 0 Å². The molecule has 2 N–H and O–H groups in total. The molecule has 0 spiro atoms. The predicted octanol–water partition coefficient (Wildman–Crippen LogP) is 4.40. The van der Waals surface area contributed by atoms with Crippen molar-refractivity contribution in [2.45, 2.75) is 0 Å². The summed E-state index contributed by atoms with van der Waals surface area (Å²) in [4.78, 5) is 0. The second kappa shape index (κ2) is 3.22. The Kier molecular flexibility index (Phi) is 1.97. The molecule has 3 aromatic rings. The van der Waals surface area contributed by atoms with Crippen molar-refractivity contribution >= 4 is 53.1 Å². The van der Waals surface area contributed by atoms with Crippen LogP contribution in [0.1, 0.15) is 0 Å². The van der Waals surface area contributed by atoms with Crippen LogP contribution in [0.3, 0.4) is 0 Å². The average molecular weight is 278 g/mol. The van der Waals surface area contributed by atoms with Crippen LogP contribution in [-0.2, 0) is 0 Å². The first-order chi connectivity index (χ1) is 7.25. The minimum atomic E-state index is 0.804. The summed E-state index contributed by atoms with van der Waals surface area (Å²) < 4.78 is 3.66. The Balaban J connectivity index is 2.61. The monoisotopic (exact) mass is 277 g/mol. The molecule has 3 rings (SSSR count). The van der Waals surface area contributed by atoms with E-state index in [2.05, 4.69) is 40.2 Å². The van der Waals surface area contributed by atoms with Gasteiger partial charge in [-0.1, -0.05) is 18.2 Å². The number of hydrogen-bond acceptors (Lipinski definition) is 2. The molecule has 0 aliphatic rings. The van der Waals surface area contributed by atoms with E-state index in [1.807, 2.05) is 12.1 Å². The van der Waals surface area contributed by atoms with Gasteiger partial charge in [0.1, 0.15) is 0 Å². The Morgan fingerprint density at radius 2 is 1.87 bits per heavy atom. The average Bonchev–Trinajstić information content (AvgIpc) is 2.57. The molecule has 2 aromatic carbocycles. The molecule has 0 aliphatic heterocycles. The van der Waals surface area contributed by atoms with Gasteiger partial charge in [0, 0.05) is 30.3 Å². The molecule has 1 aromatic heterocycles. The number of fused-ring (bicyclic) bond motifs is 3. The third-order valence-corrected chi connectivity index (χ3v) is 4.56. The third kappa shape index (κ3) is 1.34. The van der Waals surface area contributed by atoms with Crippen molar-refractivity contribution in [1.82, 2.24) is 0 Å². The zero-order valence-electron chi connectivity index (χ0n) is 7.83. The van der Waals surface area contributed by atoms with Gasteiger partial charge in [0.2, 0.25) is 0 Å². The number of nitrogen functional groups attached to an aromatic ring is 1. The topological polar surface area (TPSA) is 26.0 Å². The molecular weight excluding hydrogens is 270 g/mol. The van der Waals surface area contributed by atoms with Gasteiger partial charge in [-0.05, 0) is 34.1 Å². The van der Waals surface area contributed by atoms with Crippen LogP contribution in [0.15, 0.2) is 40.9 Å². The highest BCUT2D eigenvalue weighted by atomic mass is 79.9. The number of nitrogens with two attached hydrogens (primary N) is 1. The smallest absolute Gasteiger partial charge is 0.0499 e. The lowest BCUT2D eigenvalue weighted by atomic mass is 10.1. The first-order valence-electron chi connectivity index (χ1n) is 4.62. The van der Waals surface area contributed by atoms with Crippen LogP contribution < -0.4 is 5.73 Å². The summed E-state index contributed by atoms with van der Waals surface area (Å²) >= 11 is 5.35. The van der Waals surface area contributed by atoms with E-state index in [1.165, 1.54) is 20.2 Å². The molecule has 0 unspecified atom stereocenters. The largest absolute Gasteiger partial charge is 0.399 e. The highest BCUT2D eigenvalue weighted by Crippen LogP contribution is 2.39. The zero-order valence-corrected chi connectivity index (χ0v) is 10.2. The summed E-state index contributed by atoms with van der Waals surface area (Å²) in [6.45, 7) is 0. The standard InChI is InChI=1S/C12H8BrNS/c13-10-6-7(14)5-9-8-3-1-2-4-11(8)15-12(9)10/h1-6H,14H2. The van der Waals surface area contributed by atoms with Crippen LogP contribution >= 0.6 is 27.3 Å². The van der Waals surface area contributed by atoms with Crippen LogP contribution in [0.5, 0.6) is 0 Å². The van der Waals surface area contributed by atoms with E-state index >= 15 is 0 Å². The fourth-order valence-corrected chi connectivity index (χ4v) is 3.62. The van der Waals surface area contributed by atoms with Gasteiger partial charge >= 0.3 is 0 Å². The van der Waals surface area contributed by atoms with E-state index in [1.54, 1.807) is 11.3 Å². The maximum atomic E-state index is 5.85. The van der Waals surface area contributed by atoms with Crippen molar-refractivity contribution < 1.29 is 0 Å². The summed E-state index contributed by atoms with van der Waals surface area (Å²) in [6, 6.07) is 12.4. The Labute approximate surface area is 99.6 Å². The van der Waals surface area contributed by atoms with Crippen molar-refractivity contribution in [2.24, 2.45) is 0 Å². The Bertz CT molecular complexity index is 657. The van der Waals surface area contributed by atoms with Crippen molar-refractivity contribution in [3.05, 3.63) is 40.9 Å². The SMILES string of the molecule is Nc1cc(Br)c2sc3ccccc3c2c1. The van der Waals surface area contributed by atoms with Crippen LogP contribution in [-0.4, -0.2) is 0 Å². The number of rotatable bonds is 0. The molecule has 0 bridgehead atoms. The fourth-order valence-electron chi connectivity index (χ4n) is 1.81. The van der Waals surface area contributed by atoms with Gasteiger partial charge < -0.3 is 5.73 Å². The van der Waals surface area contributed by atoms with Gasteiger partial charge in [0.05, 0.1) is 0 Å². The first-order valence-corrected chi connectivity index (χ1v) is 6.23. The zero-order chi connectivity index (χ0) is 10.4. The van der Waals surface area contributed by atoms with E-state index in [9.17, 15) is 0 Å². The second-order valence-electron chi connectivity index (χ2n) is 3.48. The number of hydrogen-bond donors (Lipinski definition) is 1. The molecule has 0 saturated carbocycles. The Morgan fingerprint density at radius 3 is 2.73 bits per heavy atom. The molecule has 15 heavy (non-hydrogen) atoms. The molecule has 1 nitrogen and oxygen atoms in total. The second-order valence-corrected chi connectivity index (χ2v) is 5.38. The lowest BCUT2D eigenvalue weighted by Gasteiger charge is -1.97. The van der Waals surface area contributed by atoms with Crippen molar-refractivity contribution in [1.29, 1.82) is 0 Å². The van der Waals surface area contributed by atoms with Crippen LogP contribution in [0.25, 0.3) is 20.2 Å². The maximum absolute atomic E-state index is 5.85. The molecule has 1 heterocycles. The van der Waals surface area contributed by atoms with Crippen molar-refractivity contribution in [2.75, 3.05) is 5.73 Å². The van der Waals surface area contributed by atoms with Gasteiger partial charge in [0.25, 0.3) is 0 Å². The Morgan fingerprint density at radius 1 is 1.07 bits per heavy atom. The Hall–Kier alpha value is -1.06. The summed E-state index contributed by atoms with van der Waals surface area (Å²) in [5.41, 5.74) is 6.65.